The van der Waals surface area contributed by atoms with E-state index in [9.17, 15) is 10.2 Å². The minimum Gasteiger partial charge on any atom is -0.389 e. The average molecular weight is 277 g/mol. The van der Waals surface area contributed by atoms with Crippen molar-refractivity contribution in [2.75, 3.05) is 5.75 Å². The van der Waals surface area contributed by atoms with Gasteiger partial charge in [-0.1, -0.05) is 22.0 Å². The molecule has 0 fully saturated rings. The van der Waals surface area contributed by atoms with E-state index in [4.69, 9.17) is 0 Å². The van der Waals surface area contributed by atoms with Crippen molar-refractivity contribution in [2.24, 2.45) is 0 Å². The molecule has 4 heteroatoms. The Morgan fingerprint density at radius 3 is 2.50 bits per heavy atom. The van der Waals surface area contributed by atoms with Crippen molar-refractivity contribution in [3.8, 4) is 0 Å². The summed E-state index contributed by atoms with van der Waals surface area (Å²) in [5.41, 5.74) is 1.75. The van der Waals surface area contributed by atoms with E-state index in [1.165, 1.54) is 0 Å². The first kappa shape index (κ1) is 12.0. The first-order valence-electron chi connectivity index (χ1n) is 4.28. The summed E-state index contributed by atoms with van der Waals surface area (Å²) in [7, 11) is 0. The molecule has 14 heavy (non-hydrogen) atoms. The predicted octanol–water partition coefficient (Wildman–Crippen LogP) is 2.08. The van der Waals surface area contributed by atoms with Crippen LogP contribution in [-0.4, -0.2) is 22.1 Å². The molecule has 0 radical (unpaired) electrons. The number of benzene rings is 1. The SMILES string of the molecule is Cc1cc(Br)cc(C(O)C(O)CS)c1. The maximum Gasteiger partial charge on any atom is 0.106 e. The van der Waals surface area contributed by atoms with Crippen molar-refractivity contribution in [3.63, 3.8) is 0 Å². The Morgan fingerprint density at radius 1 is 1.36 bits per heavy atom. The largest absolute Gasteiger partial charge is 0.389 e. The van der Waals surface area contributed by atoms with Crippen molar-refractivity contribution < 1.29 is 10.2 Å². The molecule has 0 saturated heterocycles. The maximum atomic E-state index is 9.72. The third-order valence-electron chi connectivity index (χ3n) is 1.96. The van der Waals surface area contributed by atoms with Gasteiger partial charge in [0.25, 0.3) is 0 Å². The molecule has 0 aromatic heterocycles. The maximum absolute atomic E-state index is 9.72. The Balaban J connectivity index is 2.94. The molecule has 1 aromatic carbocycles. The topological polar surface area (TPSA) is 40.5 Å². The molecule has 2 nitrogen and oxygen atoms in total. The van der Waals surface area contributed by atoms with E-state index in [1.807, 2.05) is 19.1 Å². The van der Waals surface area contributed by atoms with Crippen LogP contribution in [0, 0.1) is 6.92 Å². The highest BCUT2D eigenvalue weighted by Gasteiger charge is 2.17. The van der Waals surface area contributed by atoms with E-state index in [2.05, 4.69) is 28.6 Å². The first-order valence-corrected chi connectivity index (χ1v) is 5.71. The molecular weight excluding hydrogens is 264 g/mol. The molecule has 78 valence electrons. The van der Waals surface area contributed by atoms with Crippen molar-refractivity contribution in [1.82, 2.24) is 0 Å². The molecule has 0 heterocycles. The molecule has 2 N–H and O–H groups in total. The zero-order valence-electron chi connectivity index (χ0n) is 7.81. The van der Waals surface area contributed by atoms with Crippen LogP contribution in [-0.2, 0) is 0 Å². The Labute approximate surface area is 97.5 Å². The molecule has 0 amide bonds. The third kappa shape index (κ3) is 2.98. The van der Waals surface area contributed by atoms with E-state index < -0.39 is 12.2 Å². The van der Waals surface area contributed by atoms with Crippen LogP contribution in [0.5, 0.6) is 0 Å². The van der Waals surface area contributed by atoms with Gasteiger partial charge in [0.05, 0.1) is 6.10 Å². The van der Waals surface area contributed by atoms with Gasteiger partial charge in [-0.05, 0) is 30.2 Å². The molecule has 0 bridgehead atoms. The predicted molar refractivity (Wildman–Crippen MR) is 63.7 cm³/mol. The van der Waals surface area contributed by atoms with E-state index in [0.717, 1.165) is 10.0 Å². The van der Waals surface area contributed by atoms with E-state index in [1.54, 1.807) is 6.07 Å². The van der Waals surface area contributed by atoms with E-state index in [0.29, 0.717) is 5.56 Å². The molecular formula is C10H13BrO2S. The van der Waals surface area contributed by atoms with Crippen molar-refractivity contribution in [3.05, 3.63) is 33.8 Å². The number of hydrogen-bond acceptors (Lipinski definition) is 3. The fraction of sp³-hybridized carbons (Fsp3) is 0.400. The molecule has 1 rings (SSSR count). The van der Waals surface area contributed by atoms with Gasteiger partial charge in [-0.25, -0.2) is 0 Å². The van der Waals surface area contributed by atoms with Crippen LogP contribution in [0.1, 0.15) is 17.2 Å². The average Bonchev–Trinajstić information content (AvgIpc) is 2.14. The van der Waals surface area contributed by atoms with Gasteiger partial charge < -0.3 is 10.2 Å². The number of aliphatic hydroxyl groups excluding tert-OH is 2. The van der Waals surface area contributed by atoms with Gasteiger partial charge in [0.1, 0.15) is 6.10 Å². The molecule has 0 saturated carbocycles. The number of rotatable bonds is 3. The van der Waals surface area contributed by atoms with Crippen LogP contribution in [0.25, 0.3) is 0 Å². The highest BCUT2D eigenvalue weighted by Crippen LogP contribution is 2.23. The summed E-state index contributed by atoms with van der Waals surface area (Å²) in [5.74, 6) is 0.243. The van der Waals surface area contributed by atoms with Gasteiger partial charge in [-0.2, -0.15) is 12.6 Å². The van der Waals surface area contributed by atoms with Crippen LogP contribution in [0.3, 0.4) is 0 Å². The Hall–Kier alpha value is -0.0300. The summed E-state index contributed by atoms with van der Waals surface area (Å²) >= 11 is 7.28. The number of thiol groups is 1. The second-order valence-electron chi connectivity index (χ2n) is 3.26. The normalized spacial score (nSPS) is 15.2. The lowest BCUT2D eigenvalue weighted by molar-refractivity contribution is 0.0337. The molecule has 2 atom stereocenters. The highest BCUT2D eigenvalue weighted by atomic mass is 79.9. The van der Waals surface area contributed by atoms with Crippen molar-refractivity contribution in [1.29, 1.82) is 0 Å². The molecule has 0 aliphatic rings. The molecule has 0 spiro atoms. The summed E-state index contributed by atoms with van der Waals surface area (Å²) < 4.78 is 0.901. The van der Waals surface area contributed by atoms with E-state index >= 15 is 0 Å². The van der Waals surface area contributed by atoms with Crippen LogP contribution >= 0.6 is 28.6 Å². The van der Waals surface area contributed by atoms with Crippen LogP contribution in [0.15, 0.2) is 22.7 Å². The number of halogens is 1. The molecule has 0 aliphatic carbocycles. The molecule has 2 unspecified atom stereocenters. The zero-order valence-corrected chi connectivity index (χ0v) is 10.3. The summed E-state index contributed by atoms with van der Waals surface area (Å²) in [6.45, 7) is 1.94. The summed E-state index contributed by atoms with van der Waals surface area (Å²) in [6, 6.07) is 5.59. The minimum absolute atomic E-state index is 0.243. The minimum atomic E-state index is -0.872. The lowest BCUT2D eigenvalue weighted by atomic mass is 10.0. The Morgan fingerprint density at radius 2 is 2.00 bits per heavy atom. The molecule has 0 aliphatic heterocycles. The van der Waals surface area contributed by atoms with Gasteiger partial charge in [-0.15, -0.1) is 0 Å². The Kier molecular flexibility index (Phi) is 4.44. The van der Waals surface area contributed by atoms with Gasteiger partial charge in [0, 0.05) is 10.2 Å². The Bertz CT molecular complexity index is 297. The van der Waals surface area contributed by atoms with E-state index in [-0.39, 0.29) is 5.75 Å². The lowest BCUT2D eigenvalue weighted by Crippen LogP contribution is -2.19. The molecule has 1 aromatic rings. The quantitative estimate of drug-likeness (QED) is 0.740. The monoisotopic (exact) mass is 276 g/mol. The zero-order chi connectivity index (χ0) is 10.7. The fourth-order valence-corrected chi connectivity index (χ4v) is 2.08. The van der Waals surface area contributed by atoms with Crippen molar-refractivity contribution in [2.45, 2.75) is 19.1 Å². The number of hydrogen-bond donors (Lipinski definition) is 3. The number of aliphatic hydroxyl groups is 2. The highest BCUT2D eigenvalue weighted by molar-refractivity contribution is 9.10. The van der Waals surface area contributed by atoms with Crippen LogP contribution < -0.4 is 0 Å². The van der Waals surface area contributed by atoms with Crippen molar-refractivity contribution >= 4 is 28.6 Å². The summed E-state index contributed by atoms with van der Waals surface area (Å²) in [6.07, 6.45) is -1.70. The summed E-state index contributed by atoms with van der Waals surface area (Å²) in [4.78, 5) is 0. The number of aryl methyl sites for hydroxylation is 1. The second kappa shape index (κ2) is 5.16. The smallest absolute Gasteiger partial charge is 0.106 e. The van der Waals surface area contributed by atoms with Crippen LogP contribution in [0.4, 0.5) is 0 Å². The van der Waals surface area contributed by atoms with Crippen LogP contribution in [0.2, 0.25) is 0 Å². The van der Waals surface area contributed by atoms with Gasteiger partial charge >= 0.3 is 0 Å². The lowest BCUT2D eigenvalue weighted by Gasteiger charge is -2.16. The standard InChI is InChI=1S/C10H13BrO2S/c1-6-2-7(4-8(11)3-6)10(13)9(12)5-14/h2-4,9-10,12-14H,5H2,1H3. The van der Waals surface area contributed by atoms with Gasteiger partial charge in [0.2, 0.25) is 0 Å². The van der Waals surface area contributed by atoms with Gasteiger partial charge in [-0.3, -0.25) is 0 Å². The summed E-state index contributed by atoms with van der Waals surface area (Å²) in [5, 5.41) is 19.1. The third-order valence-corrected chi connectivity index (χ3v) is 2.79. The van der Waals surface area contributed by atoms with Gasteiger partial charge in [0.15, 0.2) is 0 Å². The second-order valence-corrected chi connectivity index (χ2v) is 4.54. The fourth-order valence-electron chi connectivity index (χ4n) is 1.26. The first-order chi connectivity index (χ1) is 6.54.